The van der Waals surface area contributed by atoms with Crippen molar-refractivity contribution in [3.05, 3.63) is 72.3 Å². The van der Waals surface area contributed by atoms with Crippen LogP contribution in [0.1, 0.15) is 28.8 Å². The van der Waals surface area contributed by atoms with Crippen LogP contribution in [-0.4, -0.2) is 43.6 Å². The fraction of sp³-hybridized carbons (Fsp3) is 0.292. The van der Waals surface area contributed by atoms with Gasteiger partial charge in [-0.1, -0.05) is 17.7 Å². The van der Waals surface area contributed by atoms with Gasteiger partial charge in [-0.25, -0.2) is 4.98 Å². The van der Waals surface area contributed by atoms with Gasteiger partial charge in [-0.2, -0.15) is 5.10 Å². The number of hydrogen-bond acceptors (Lipinski definition) is 3. The Morgan fingerprint density at radius 1 is 1.10 bits per heavy atom. The second-order valence-corrected chi connectivity index (χ2v) is 8.19. The lowest BCUT2D eigenvalue weighted by atomic mass is 9.96. The number of aromatic amines is 1. The van der Waals surface area contributed by atoms with Gasteiger partial charge in [0, 0.05) is 60.3 Å². The Kier molecular flexibility index (Phi) is 4.83. The van der Waals surface area contributed by atoms with E-state index in [-0.39, 0.29) is 5.91 Å². The molecule has 1 N–H and O–H groups in total. The molecule has 152 valence electrons. The number of rotatable bonds is 4. The maximum Gasteiger partial charge on any atom is 0.253 e. The zero-order chi connectivity index (χ0) is 20.5. The van der Waals surface area contributed by atoms with Crippen LogP contribution in [0, 0.1) is 12.8 Å². The zero-order valence-corrected chi connectivity index (χ0v) is 17.1. The van der Waals surface area contributed by atoms with Crippen molar-refractivity contribution in [2.75, 3.05) is 13.1 Å². The second kappa shape index (κ2) is 7.78. The number of pyridine rings is 1. The monoisotopic (exact) mass is 399 g/mol. The average molecular weight is 399 g/mol. The first kappa shape index (κ1) is 18.6. The smallest absolute Gasteiger partial charge is 0.253 e. The number of piperidine rings is 1. The number of carbonyl (C=O) groups is 1. The molecule has 1 fully saturated rings. The molecule has 0 atom stereocenters. The second-order valence-electron chi connectivity index (χ2n) is 8.19. The molecule has 0 bridgehead atoms. The van der Waals surface area contributed by atoms with Crippen LogP contribution in [0.4, 0.5) is 0 Å². The molecule has 0 aliphatic carbocycles. The molecule has 1 saturated heterocycles. The summed E-state index contributed by atoms with van der Waals surface area (Å²) in [6.07, 6.45) is 9.76. The summed E-state index contributed by atoms with van der Waals surface area (Å²) in [5.74, 6) is 0.700. The van der Waals surface area contributed by atoms with Crippen molar-refractivity contribution in [3.63, 3.8) is 0 Å². The summed E-state index contributed by atoms with van der Waals surface area (Å²) in [4.78, 5) is 19.4. The number of likely N-dealkylation sites (tertiary alicyclic amines) is 1. The van der Waals surface area contributed by atoms with Crippen molar-refractivity contribution in [2.45, 2.75) is 26.3 Å². The molecule has 1 amide bonds. The topological polar surface area (TPSA) is 66.8 Å². The fourth-order valence-electron chi connectivity index (χ4n) is 4.27. The van der Waals surface area contributed by atoms with Crippen LogP contribution in [0.25, 0.3) is 22.2 Å². The first-order valence-electron chi connectivity index (χ1n) is 10.5. The number of fused-ring (bicyclic) bond motifs is 1. The number of nitrogens with one attached hydrogen (secondary N) is 1. The number of aryl methyl sites for hydroxylation is 1. The maximum absolute atomic E-state index is 12.7. The van der Waals surface area contributed by atoms with E-state index in [1.165, 1.54) is 5.56 Å². The van der Waals surface area contributed by atoms with Gasteiger partial charge in [0.2, 0.25) is 0 Å². The Bertz CT molecular complexity index is 1150. The van der Waals surface area contributed by atoms with E-state index >= 15 is 0 Å². The lowest BCUT2D eigenvalue weighted by Gasteiger charge is -2.32. The Hall–Kier alpha value is -3.41. The van der Waals surface area contributed by atoms with Gasteiger partial charge in [0.1, 0.15) is 5.65 Å². The van der Waals surface area contributed by atoms with E-state index < -0.39 is 0 Å². The van der Waals surface area contributed by atoms with Gasteiger partial charge in [0.05, 0.1) is 6.20 Å². The summed E-state index contributed by atoms with van der Waals surface area (Å²) in [6.45, 7) is 4.61. The molecule has 1 aromatic carbocycles. The summed E-state index contributed by atoms with van der Waals surface area (Å²) in [5, 5.41) is 8.01. The third-order valence-corrected chi connectivity index (χ3v) is 6.09. The summed E-state index contributed by atoms with van der Waals surface area (Å²) < 4.78 is 2.25. The molecule has 0 unspecified atom stereocenters. The average Bonchev–Trinajstić information content (AvgIpc) is 3.45. The molecular formula is C24H25N5O. The largest absolute Gasteiger partial charge is 0.339 e. The molecule has 4 aromatic rings. The van der Waals surface area contributed by atoms with Crippen molar-refractivity contribution < 1.29 is 4.79 Å². The van der Waals surface area contributed by atoms with Crippen LogP contribution in [0.2, 0.25) is 0 Å². The van der Waals surface area contributed by atoms with Gasteiger partial charge >= 0.3 is 0 Å². The molecule has 0 radical (unpaired) electrons. The molecular weight excluding hydrogens is 374 g/mol. The van der Waals surface area contributed by atoms with Gasteiger partial charge in [-0.05, 0) is 49.9 Å². The third-order valence-electron chi connectivity index (χ3n) is 6.09. The third kappa shape index (κ3) is 3.61. The highest BCUT2D eigenvalue weighted by Crippen LogP contribution is 2.26. The number of hydrogen-bond donors (Lipinski definition) is 1. The summed E-state index contributed by atoms with van der Waals surface area (Å²) in [6, 6.07) is 12.1. The van der Waals surface area contributed by atoms with Crippen molar-refractivity contribution in [3.8, 4) is 11.1 Å². The maximum atomic E-state index is 12.7. The quantitative estimate of drug-likeness (QED) is 0.557. The highest BCUT2D eigenvalue weighted by atomic mass is 16.2. The van der Waals surface area contributed by atoms with Gasteiger partial charge in [0.25, 0.3) is 5.91 Å². The molecule has 4 heterocycles. The molecule has 3 aromatic heterocycles. The zero-order valence-electron chi connectivity index (χ0n) is 17.1. The van der Waals surface area contributed by atoms with Crippen molar-refractivity contribution >= 4 is 16.9 Å². The van der Waals surface area contributed by atoms with Crippen LogP contribution in [-0.2, 0) is 6.54 Å². The minimum absolute atomic E-state index is 0.147. The molecule has 0 saturated carbocycles. The van der Waals surface area contributed by atoms with Crippen LogP contribution in [0.15, 0.2) is 61.2 Å². The molecule has 1 aliphatic heterocycles. The van der Waals surface area contributed by atoms with E-state index in [9.17, 15) is 4.79 Å². The van der Waals surface area contributed by atoms with Crippen LogP contribution in [0.3, 0.4) is 0 Å². The normalized spacial score (nSPS) is 15.0. The van der Waals surface area contributed by atoms with E-state index in [0.29, 0.717) is 5.92 Å². The van der Waals surface area contributed by atoms with Crippen LogP contribution < -0.4 is 0 Å². The minimum atomic E-state index is 0.147. The number of benzene rings is 1. The minimum Gasteiger partial charge on any atom is -0.339 e. The molecule has 0 spiro atoms. The number of amides is 1. The van der Waals surface area contributed by atoms with Crippen molar-refractivity contribution in [2.24, 2.45) is 5.92 Å². The fourth-order valence-corrected chi connectivity index (χ4v) is 4.27. The lowest BCUT2D eigenvalue weighted by Crippen LogP contribution is -2.39. The highest BCUT2D eigenvalue weighted by molar-refractivity contribution is 5.94. The first-order chi connectivity index (χ1) is 14.7. The predicted molar refractivity (Wildman–Crippen MR) is 117 cm³/mol. The van der Waals surface area contributed by atoms with E-state index in [1.807, 2.05) is 54.7 Å². The van der Waals surface area contributed by atoms with E-state index in [1.54, 1.807) is 0 Å². The lowest BCUT2D eigenvalue weighted by molar-refractivity contribution is 0.0683. The Labute approximate surface area is 175 Å². The standard InChI is InChI=1S/C24H25N5O/c1-17-2-4-19(5-3-17)24(30)28-9-6-18(7-10-28)16-29-11-8-20-12-21(13-25-23(20)29)22-14-26-27-15-22/h2-5,8,11-15,18H,6-7,9-10,16H2,1H3,(H,26,27). The molecule has 30 heavy (non-hydrogen) atoms. The number of aromatic nitrogens is 4. The molecule has 6 nitrogen and oxygen atoms in total. The van der Waals surface area contributed by atoms with Gasteiger partial charge < -0.3 is 9.47 Å². The number of nitrogens with zero attached hydrogens (tertiary/aromatic N) is 4. The summed E-state index contributed by atoms with van der Waals surface area (Å²) >= 11 is 0. The predicted octanol–water partition coefficient (Wildman–Crippen LogP) is 4.29. The Morgan fingerprint density at radius 2 is 1.90 bits per heavy atom. The van der Waals surface area contributed by atoms with E-state index in [2.05, 4.69) is 33.1 Å². The van der Waals surface area contributed by atoms with Crippen LogP contribution >= 0.6 is 0 Å². The van der Waals surface area contributed by atoms with Crippen LogP contribution in [0.5, 0.6) is 0 Å². The molecule has 5 rings (SSSR count). The number of carbonyl (C=O) groups excluding carboxylic acids is 1. The Morgan fingerprint density at radius 3 is 2.63 bits per heavy atom. The molecule has 6 heteroatoms. The summed E-state index contributed by atoms with van der Waals surface area (Å²) in [7, 11) is 0. The number of H-pyrrole nitrogens is 1. The molecule has 1 aliphatic rings. The highest BCUT2D eigenvalue weighted by Gasteiger charge is 2.24. The summed E-state index contributed by atoms with van der Waals surface area (Å²) in [5.41, 5.74) is 5.09. The van der Waals surface area contributed by atoms with E-state index in [0.717, 1.165) is 60.2 Å². The van der Waals surface area contributed by atoms with Gasteiger partial charge in [-0.15, -0.1) is 0 Å². The van der Waals surface area contributed by atoms with Crippen molar-refractivity contribution in [1.29, 1.82) is 0 Å². The van der Waals surface area contributed by atoms with Gasteiger partial charge in [-0.3, -0.25) is 9.89 Å². The first-order valence-corrected chi connectivity index (χ1v) is 10.5. The van der Waals surface area contributed by atoms with Gasteiger partial charge in [0.15, 0.2) is 0 Å². The van der Waals surface area contributed by atoms with E-state index in [4.69, 9.17) is 4.98 Å². The Balaban J connectivity index is 1.24. The SMILES string of the molecule is Cc1ccc(C(=O)N2CCC(Cn3ccc4cc(-c5cn[nH]c5)cnc43)CC2)cc1. The van der Waals surface area contributed by atoms with Crippen molar-refractivity contribution in [1.82, 2.24) is 24.6 Å².